The minimum atomic E-state index is -1.57. The second kappa shape index (κ2) is 52.8. The molecule has 9 heteroatoms. The number of aliphatic hydroxyl groups is 5. The summed E-state index contributed by atoms with van der Waals surface area (Å²) < 4.78 is 11.3. The fourth-order valence-corrected chi connectivity index (χ4v) is 10.0. The van der Waals surface area contributed by atoms with Gasteiger partial charge in [0.2, 0.25) is 5.91 Å². The van der Waals surface area contributed by atoms with Crippen LogP contribution in [0.15, 0.2) is 36.5 Å². The Labute approximate surface area is 444 Å². The van der Waals surface area contributed by atoms with E-state index in [1.807, 2.05) is 6.08 Å². The summed E-state index contributed by atoms with van der Waals surface area (Å²) in [6.07, 6.45) is 62.2. The van der Waals surface area contributed by atoms with E-state index in [-0.39, 0.29) is 12.5 Å². The van der Waals surface area contributed by atoms with Crippen LogP contribution in [0.5, 0.6) is 0 Å². The summed E-state index contributed by atoms with van der Waals surface area (Å²) in [5.74, 6) is -0.177. The number of allylic oxidation sites excluding steroid dienone is 5. The third-order valence-corrected chi connectivity index (χ3v) is 15.0. The molecule has 0 spiro atoms. The highest BCUT2D eigenvalue weighted by Crippen LogP contribution is 2.23. The van der Waals surface area contributed by atoms with Gasteiger partial charge in [0.15, 0.2) is 6.29 Å². The molecular formula is C63H119NO8. The average Bonchev–Trinajstić information content (AvgIpc) is 3.38. The van der Waals surface area contributed by atoms with Gasteiger partial charge in [0.1, 0.15) is 24.4 Å². The molecule has 72 heavy (non-hydrogen) atoms. The fourth-order valence-electron chi connectivity index (χ4n) is 10.0. The molecule has 424 valence electrons. The highest BCUT2D eigenvalue weighted by Gasteiger charge is 2.44. The predicted octanol–water partition coefficient (Wildman–Crippen LogP) is 15.9. The van der Waals surface area contributed by atoms with Crippen LogP contribution in [0.1, 0.15) is 303 Å². The SMILES string of the molecule is CCCCCCCCCCC/C=C\C/C=C\CCCCCCCCCCCC(=O)NC(COC1OC(CO)C(O)C(O)C1O)C(O)/C=C/CCCCCCCCCCCCCCCCCCCCCCCC. The minimum absolute atomic E-state index is 0.177. The molecule has 0 radical (unpaired) electrons. The molecule has 1 heterocycles. The van der Waals surface area contributed by atoms with Crippen LogP contribution in [0.2, 0.25) is 0 Å². The van der Waals surface area contributed by atoms with Crippen molar-refractivity contribution in [3.8, 4) is 0 Å². The van der Waals surface area contributed by atoms with Gasteiger partial charge < -0.3 is 40.3 Å². The molecule has 1 aliphatic rings. The van der Waals surface area contributed by atoms with Crippen molar-refractivity contribution in [3.05, 3.63) is 36.5 Å². The number of unbranched alkanes of at least 4 members (excludes halogenated alkanes) is 40. The third-order valence-electron chi connectivity index (χ3n) is 15.0. The van der Waals surface area contributed by atoms with Gasteiger partial charge in [0, 0.05) is 6.42 Å². The summed E-state index contributed by atoms with van der Waals surface area (Å²) in [6, 6.07) is -0.808. The van der Waals surface area contributed by atoms with Crippen molar-refractivity contribution in [1.29, 1.82) is 0 Å². The van der Waals surface area contributed by atoms with Gasteiger partial charge in [-0.15, -0.1) is 0 Å². The number of carbonyl (C=O) groups excluding carboxylic acids is 1. The second-order valence-corrected chi connectivity index (χ2v) is 21.9. The fraction of sp³-hybridized carbons (Fsp3) is 0.889. The Kier molecular flexibility index (Phi) is 50.2. The normalized spacial score (nSPS) is 19.3. The summed E-state index contributed by atoms with van der Waals surface area (Å²) in [5.41, 5.74) is 0. The third kappa shape index (κ3) is 41.6. The van der Waals surface area contributed by atoms with Crippen LogP contribution in [0.4, 0.5) is 0 Å². The summed E-state index contributed by atoms with van der Waals surface area (Å²) >= 11 is 0. The highest BCUT2D eigenvalue weighted by atomic mass is 16.7. The lowest BCUT2D eigenvalue weighted by atomic mass is 9.99. The molecule has 0 aromatic rings. The number of ether oxygens (including phenoxy) is 2. The second-order valence-electron chi connectivity index (χ2n) is 21.9. The van der Waals surface area contributed by atoms with Crippen LogP contribution >= 0.6 is 0 Å². The van der Waals surface area contributed by atoms with Crippen LogP contribution in [-0.4, -0.2) is 87.5 Å². The first-order chi connectivity index (χ1) is 35.3. The van der Waals surface area contributed by atoms with Crippen LogP contribution in [-0.2, 0) is 14.3 Å². The van der Waals surface area contributed by atoms with Crippen molar-refractivity contribution in [2.45, 2.75) is 346 Å². The van der Waals surface area contributed by atoms with E-state index in [0.29, 0.717) is 6.42 Å². The van der Waals surface area contributed by atoms with E-state index in [9.17, 15) is 30.3 Å². The first-order valence-electron chi connectivity index (χ1n) is 31.2. The zero-order valence-electron chi connectivity index (χ0n) is 47.2. The van der Waals surface area contributed by atoms with Crippen molar-refractivity contribution in [3.63, 3.8) is 0 Å². The maximum absolute atomic E-state index is 13.1. The molecule has 1 saturated heterocycles. The maximum Gasteiger partial charge on any atom is 0.220 e. The Morgan fingerprint density at radius 3 is 1.19 bits per heavy atom. The number of carbonyl (C=O) groups is 1. The van der Waals surface area contributed by atoms with E-state index in [1.54, 1.807) is 6.08 Å². The van der Waals surface area contributed by atoms with Gasteiger partial charge in [-0.05, 0) is 51.4 Å². The molecule has 0 saturated carbocycles. The molecule has 1 rings (SSSR count). The molecule has 0 aromatic heterocycles. The zero-order chi connectivity index (χ0) is 52.2. The Bertz CT molecular complexity index is 1230. The molecule has 0 bridgehead atoms. The van der Waals surface area contributed by atoms with Crippen molar-refractivity contribution in [2.24, 2.45) is 0 Å². The Morgan fingerprint density at radius 2 is 0.819 bits per heavy atom. The van der Waals surface area contributed by atoms with Crippen molar-refractivity contribution >= 4 is 5.91 Å². The van der Waals surface area contributed by atoms with Gasteiger partial charge in [0.05, 0.1) is 25.4 Å². The Hall–Kier alpha value is -1.59. The highest BCUT2D eigenvalue weighted by molar-refractivity contribution is 5.76. The number of amides is 1. The first-order valence-corrected chi connectivity index (χ1v) is 31.2. The summed E-state index contributed by atoms with van der Waals surface area (Å²) in [4.78, 5) is 13.1. The molecule has 1 amide bonds. The molecule has 9 nitrogen and oxygen atoms in total. The predicted molar refractivity (Wildman–Crippen MR) is 304 cm³/mol. The van der Waals surface area contributed by atoms with Gasteiger partial charge >= 0.3 is 0 Å². The standard InChI is InChI=1S/C63H119NO8/c1-3-5-7-9-11-13-15-17-19-21-23-25-27-29-31-33-35-37-39-41-43-45-47-49-51-53-59(67)64-56(55-71-63-62(70)61(69)60(68)58(54-65)72-63)57(66)52-50-48-46-44-42-40-38-36-34-32-30-28-26-24-22-20-18-16-14-12-10-8-6-4-2/h23,25,29,31,50,52,56-58,60-63,65-66,68-70H,3-22,24,26-28,30,32-49,51,53-55H2,1-2H3,(H,64,67)/b25-23-,31-29-,52-50+. The summed E-state index contributed by atoms with van der Waals surface area (Å²) in [6.45, 7) is 3.82. The summed E-state index contributed by atoms with van der Waals surface area (Å²) in [7, 11) is 0. The van der Waals surface area contributed by atoms with Crippen molar-refractivity contribution < 1.29 is 39.8 Å². The molecule has 7 unspecified atom stereocenters. The topological polar surface area (TPSA) is 149 Å². The van der Waals surface area contributed by atoms with E-state index in [2.05, 4.69) is 43.5 Å². The lowest BCUT2D eigenvalue weighted by molar-refractivity contribution is -0.302. The van der Waals surface area contributed by atoms with Crippen LogP contribution < -0.4 is 5.32 Å². The van der Waals surface area contributed by atoms with Gasteiger partial charge in [-0.3, -0.25) is 4.79 Å². The van der Waals surface area contributed by atoms with Crippen LogP contribution in [0, 0.1) is 0 Å². The minimum Gasteiger partial charge on any atom is -0.394 e. The van der Waals surface area contributed by atoms with E-state index < -0.39 is 49.5 Å². The van der Waals surface area contributed by atoms with Crippen LogP contribution in [0.25, 0.3) is 0 Å². The molecule has 7 atom stereocenters. The van der Waals surface area contributed by atoms with Crippen molar-refractivity contribution in [2.75, 3.05) is 13.2 Å². The molecule has 6 N–H and O–H groups in total. The number of hydrogen-bond acceptors (Lipinski definition) is 8. The first kappa shape index (κ1) is 68.4. The van der Waals surface area contributed by atoms with Crippen LogP contribution in [0.3, 0.4) is 0 Å². The molecule has 1 fully saturated rings. The van der Waals surface area contributed by atoms with E-state index in [4.69, 9.17) is 9.47 Å². The zero-order valence-corrected chi connectivity index (χ0v) is 47.2. The number of hydrogen-bond donors (Lipinski definition) is 6. The van der Waals surface area contributed by atoms with Gasteiger partial charge in [-0.1, -0.05) is 281 Å². The lowest BCUT2D eigenvalue weighted by Gasteiger charge is -2.40. The van der Waals surface area contributed by atoms with Crippen molar-refractivity contribution in [1.82, 2.24) is 5.32 Å². The van der Waals surface area contributed by atoms with E-state index >= 15 is 0 Å². The molecular weight excluding hydrogens is 899 g/mol. The number of rotatable bonds is 54. The Balaban J connectivity index is 2.20. The maximum atomic E-state index is 13.1. The van der Waals surface area contributed by atoms with E-state index in [0.717, 1.165) is 44.9 Å². The molecule has 0 aliphatic carbocycles. The van der Waals surface area contributed by atoms with E-state index in [1.165, 1.54) is 238 Å². The monoisotopic (exact) mass is 1020 g/mol. The number of nitrogens with one attached hydrogen (secondary N) is 1. The lowest BCUT2D eigenvalue weighted by Crippen LogP contribution is -2.60. The smallest absolute Gasteiger partial charge is 0.220 e. The Morgan fingerprint density at radius 1 is 0.472 bits per heavy atom. The average molecular weight is 1020 g/mol. The molecule has 1 aliphatic heterocycles. The van der Waals surface area contributed by atoms with Gasteiger partial charge in [0.25, 0.3) is 0 Å². The quantitative estimate of drug-likeness (QED) is 0.0261. The largest absolute Gasteiger partial charge is 0.394 e. The van der Waals surface area contributed by atoms with Gasteiger partial charge in [-0.25, -0.2) is 0 Å². The summed E-state index contributed by atoms with van der Waals surface area (Å²) in [5, 5.41) is 54.6. The molecule has 0 aromatic carbocycles. The van der Waals surface area contributed by atoms with Gasteiger partial charge in [-0.2, -0.15) is 0 Å². The number of aliphatic hydroxyl groups excluding tert-OH is 5.